The van der Waals surface area contributed by atoms with E-state index in [4.69, 9.17) is 10.5 Å². The maximum Gasteiger partial charge on any atom is 0.181 e. The Kier molecular flexibility index (Phi) is 5.31. The molecule has 0 bridgehead atoms. The molecule has 0 amide bonds. The van der Waals surface area contributed by atoms with E-state index in [1.54, 1.807) is 23.1 Å². The van der Waals surface area contributed by atoms with Gasteiger partial charge in [-0.05, 0) is 44.4 Å². The van der Waals surface area contributed by atoms with Gasteiger partial charge in [0.2, 0.25) is 0 Å². The second-order valence-corrected chi connectivity index (χ2v) is 7.14. The second kappa shape index (κ2) is 6.99. The van der Waals surface area contributed by atoms with Gasteiger partial charge in [0.25, 0.3) is 0 Å². The van der Waals surface area contributed by atoms with Gasteiger partial charge >= 0.3 is 0 Å². The normalized spacial score (nSPS) is 10.8. The lowest BCUT2D eigenvalue weighted by molar-refractivity contribution is 0.316. The Bertz CT molecular complexity index is 581. The number of benzene rings is 1. The maximum atomic E-state index is 5.84. The molecule has 0 aliphatic heterocycles. The van der Waals surface area contributed by atoms with E-state index in [1.807, 2.05) is 6.92 Å². The van der Waals surface area contributed by atoms with Gasteiger partial charge in [-0.2, -0.15) is 0 Å². The first kappa shape index (κ1) is 15.2. The van der Waals surface area contributed by atoms with E-state index < -0.39 is 0 Å². The van der Waals surface area contributed by atoms with Crippen molar-refractivity contribution >= 4 is 28.2 Å². The number of rotatable bonds is 6. The number of nitrogens with two attached hydrogens (primary N) is 1. The van der Waals surface area contributed by atoms with Crippen LogP contribution in [0.3, 0.4) is 0 Å². The van der Waals surface area contributed by atoms with Crippen molar-refractivity contribution in [3.63, 3.8) is 0 Å². The third-order valence-corrected chi connectivity index (χ3v) is 5.33. The molecule has 0 saturated heterocycles. The molecule has 20 heavy (non-hydrogen) atoms. The first-order valence-corrected chi connectivity index (χ1v) is 8.42. The summed E-state index contributed by atoms with van der Waals surface area (Å²) < 4.78 is 7.06. The average molecular weight is 308 g/mol. The molecule has 0 radical (unpaired) electrons. The smallest absolute Gasteiger partial charge is 0.181 e. The number of anilines is 1. The molecule has 1 aromatic heterocycles. The van der Waals surface area contributed by atoms with Crippen LogP contribution in [-0.2, 0) is 0 Å². The highest BCUT2D eigenvalue weighted by molar-refractivity contribution is 8.01. The van der Waals surface area contributed by atoms with Crippen molar-refractivity contribution in [2.45, 2.75) is 31.4 Å². The van der Waals surface area contributed by atoms with E-state index in [0.717, 1.165) is 30.2 Å². The van der Waals surface area contributed by atoms with E-state index in [0.29, 0.717) is 5.13 Å². The van der Waals surface area contributed by atoms with Gasteiger partial charge in [0.1, 0.15) is 5.75 Å². The summed E-state index contributed by atoms with van der Waals surface area (Å²) in [5.74, 6) is 2.01. The van der Waals surface area contributed by atoms with Gasteiger partial charge in [-0.3, -0.25) is 0 Å². The molecule has 0 fully saturated rings. The molecule has 0 atom stereocenters. The van der Waals surface area contributed by atoms with Crippen LogP contribution in [0.1, 0.15) is 23.2 Å². The summed E-state index contributed by atoms with van der Waals surface area (Å²) in [7, 11) is 0. The van der Waals surface area contributed by atoms with Crippen LogP contribution in [-0.4, -0.2) is 17.3 Å². The van der Waals surface area contributed by atoms with Crippen LogP contribution in [0, 0.1) is 20.8 Å². The van der Waals surface area contributed by atoms with Gasteiger partial charge in [-0.25, -0.2) is 4.98 Å². The second-order valence-electron chi connectivity index (χ2n) is 4.74. The first-order chi connectivity index (χ1) is 9.56. The van der Waals surface area contributed by atoms with Crippen LogP contribution in [0.15, 0.2) is 22.4 Å². The number of aryl methyl sites for hydroxylation is 3. The van der Waals surface area contributed by atoms with Crippen molar-refractivity contribution in [2.75, 3.05) is 18.1 Å². The molecular weight excluding hydrogens is 288 g/mol. The Labute approximate surface area is 128 Å². The largest absolute Gasteiger partial charge is 0.493 e. The molecule has 0 aliphatic carbocycles. The molecule has 2 N–H and O–H groups in total. The summed E-state index contributed by atoms with van der Waals surface area (Å²) >= 11 is 3.37. The summed E-state index contributed by atoms with van der Waals surface area (Å²) in [5.41, 5.74) is 9.14. The van der Waals surface area contributed by atoms with Gasteiger partial charge in [-0.1, -0.05) is 23.5 Å². The minimum atomic E-state index is 0.650. The molecule has 2 rings (SSSR count). The number of nitrogens with zero attached hydrogens (tertiary/aromatic N) is 1. The van der Waals surface area contributed by atoms with Crippen LogP contribution < -0.4 is 10.5 Å². The minimum absolute atomic E-state index is 0.650. The summed E-state index contributed by atoms with van der Waals surface area (Å²) in [4.78, 5) is 4.22. The predicted octanol–water partition coefficient (Wildman–Crippen LogP) is 4.21. The Balaban J connectivity index is 1.74. The lowest BCUT2D eigenvalue weighted by atomic mass is 10.1. The van der Waals surface area contributed by atoms with Crippen molar-refractivity contribution in [2.24, 2.45) is 0 Å². The highest BCUT2D eigenvalue weighted by atomic mass is 32.2. The fourth-order valence-electron chi connectivity index (χ4n) is 1.81. The summed E-state index contributed by atoms with van der Waals surface area (Å²) in [6.45, 7) is 6.90. The van der Waals surface area contributed by atoms with Crippen molar-refractivity contribution < 1.29 is 4.74 Å². The van der Waals surface area contributed by atoms with Crippen LogP contribution >= 0.6 is 23.1 Å². The molecule has 108 valence electrons. The number of thiazole rings is 1. The third-order valence-electron chi connectivity index (χ3n) is 2.89. The SMILES string of the molecule is Cc1ccc(C)c(OCCCSc2sc(N)nc2C)c1. The number of hydrogen-bond donors (Lipinski definition) is 1. The topological polar surface area (TPSA) is 48.1 Å². The van der Waals surface area contributed by atoms with Crippen molar-refractivity contribution in [3.8, 4) is 5.75 Å². The molecule has 0 spiro atoms. The summed E-state index contributed by atoms with van der Waals surface area (Å²) in [5, 5.41) is 0.650. The maximum absolute atomic E-state index is 5.84. The van der Waals surface area contributed by atoms with Gasteiger partial charge in [0.15, 0.2) is 5.13 Å². The van der Waals surface area contributed by atoms with Crippen LogP contribution in [0.2, 0.25) is 0 Å². The van der Waals surface area contributed by atoms with Crippen molar-refractivity contribution in [1.29, 1.82) is 0 Å². The highest BCUT2D eigenvalue weighted by Gasteiger charge is 2.05. The molecular formula is C15H20N2OS2. The molecule has 1 aromatic carbocycles. The highest BCUT2D eigenvalue weighted by Crippen LogP contribution is 2.30. The number of aromatic nitrogens is 1. The Morgan fingerprint density at radius 3 is 2.80 bits per heavy atom. The Hall–Kier alpha value is -1.20. The molecule has 2 aromatic rings. The fourth-order valence-corrected chi connectivity index (χ4v) is 3.82. The average Bonchev–Trinajstić information content (AvgIpc) is 2.71. The standard InChI is InChI=1S/C15H20N2OS2/c1-10-5-6-11(2)13(9-10)18-7-4-8-19-14-12(3)17-15(16)20-14/h5-6,9H,4,7-8H2,1-3H3,(H2,16,17). The zero-order chi connectivity index (χ0) is 14.5. The monoisotopic (exact) mass is 308 g/mol. The quantitative estimate of drug-likeness (QED) is 0.641. The van der Waals surface area contributed by atoms with Gasteiger partial charge in [0, 0.05) is 5.75 Å². The van der Waals surface area contributed by atoms with E-state index in [2.05, 4.69) is 37.0 Å². The molecule has 5 heteroatoms. The number of hydrogen-bond acceptors (Lipinski definition) is 5. The van der Waals surface area contributed by atoms with E-state index >= 15 is 0 Å². The summed E-state index contributed by atoms with van der Waals surface area (Å²) in [6, 6.07) is 6.30. The number of thioether (sulfide) groups is 1. The van der Waals surface area contributed by atoms with E-state index in [9.17, 15) is 0 Å². The lowest BCUT2D eigenvalue weighted by Crippen LogP contribution is -2.00. The first-order valence-electron chi connectivity index (χ1n) is 6.62. The number of nitrogen functional groups attached to an aromatic ring is 1. The Morgan fingerprint density at radius 1 is 1.30 bits per heavy atom. The molecule has 0 saturated carbocycles. The van der Waals surface area contributed by atoms with Gasteiger partial charge < -0.3 is 10.5 Å². The van der Waals surface area contributed by atoms with E-state index in [-0.39, 0.29) is 0 Å². The molecule has 0 unspecified atom stereocenters. The molecule has 0 aliphatic rings. The molecule has 3 nitrogen and oxygen atoms in total. The lowest BCUT2D eigenvalue weighted by Gasteiger charge is -2.09. The number of ether oxygens (including phenoxy) is 1. The van der Waals surface area contributed by atoms with Crippen molar-refractivity contribution in [1.82, 2.24) is 4.98 Å². The third kappa shape index (κ3) is 4.15. The van der Waals surface area contributed by atoms with Gasteiger partial charge in [0.05, 0.1) is 16.5 Å². The fraction of sp³-hybridized carbons (Fsp3) is 0.400. The zero-order valence-corrected chi connectivity index (χ0v) is 13.7. The van der Waals surface area contributed by atoms with Gasteiger partial charge in [-0.15, -0.1) is 11.8 Å². The van der Waals surface area contributed by atoms with Crippen molar-refractivity contribution in [3.05, 3.63) is 35.0 Å². The summed E-state index contributed by atoms with van der Waals surface area (Å²) in [6.07, 6.45) is 1.01. The zero-order valence-electron chi connectivity index (χ0n) is 12.1. The van der Waals surface area contributed by atoms with Crippen LogP contribution in [0.5, 0.6) is 5.75 Å². The van der Waals surface area contributed by atoms with Crippen LogP contribution in [0.4, 0.5) is 5.13 Å². The Morgan fingerprint density at radius 2 is 2.10 bits per heavy atom. The minimum Gasteiger partial charge on any atom is -0.493 e. The predicted molar refractivity (Wildman–Crippen MR) is 88.0 cm³/mol. The molecule has 1 heterocycles. The van der Waals surface area contributed by atoms with E-state index in [1.165, 1.54) is 15.3 Å². The van der Waals surface area contributed by atoms with Crippen LogP contribution in [0.25, 0.3) is 0 Å².